The Kier molecular flexibility index (Phi) is 6.78. The number of nitrogens with one attached hydrogen (secondary N) is 1. The van der Waals surface area contributed by atoms with Gasteiger partial charge in [-0.05, 0) is 32.9 Å². The maximum Gasteiger partial charge on any atom is 0.245 e. The molecule has 7 nitrogen and oxygen atoms in total. The van der Waals surface area contributed by atoms with E-state index in [9.17, 15) is 9.59 Å². The number of aromatic nitrogens is 1. The van der Waals surface area contributed by atoms with Gasteiger partial charge in [0.25, 0.3) is 0 Å². The van der Waals surface area contributed by atoms with Crippen molar-refractivity contribution in [3.63, 3.8) is 0 Å². The number of carbonyl (C=O) groups is 2. The van der Waals surface area contributed by atoms with Crippen LogP contribution in [-0.4, -0.2) is 59.5 Å². The first-order valence-corrected chi connectivity index (χ1v) is 8.70. The minimum atomic E-state index is -0.254. The highest BCUT2D eigenvalue weighted by Gasteiger charge is 2.21. The van der Waals surface area contributed by atoms with E-state index < -0.39 is 0 Å². The van der Waals surface area contributed by atoms with E-state index in [0.29, 0.717) is 18.1 Å². The zero-order chi connectivity index (χ0) is 17.5. The largest absolute Gasteiger partial charge is 0.360 e. The van der Waals surface area contributed by atoms with E-state index in [1.807, 2.05) is 13.8 Å². The van der Waals surface area contributed by atoms with Crippen LogP contribution >= 0.6 is 0 Å². The van der Waals surface area contributed by atoms with E-state index in [2.05, 4.69) is 15.4 Å². The second-order valence-corrected chi connectivity index (χ2v) is 6.69. The minimum absolute atomic E-state index is 0.00140. The molecule has 1 saturated heterocycles. The number of piperidine rings is 1. The van der Waals surface area contributed by atoms with E-state index in [1.165, 1.54) is 19.3 Å². The molecule has 1 aliphatic heterocycles. The van der Waals surface area contributed by atoms with E-state index in [1.54, 1.807) is 17.9 Å². The molecule has 0 radical (unpaired) electrons. The molecule has 134 valence electrons. The van der Waals surface area contributed by atoms with Crippen LogP contribution < -0.4 is 5.32 Å². The average Bonchev–Trinajstić information content (AvgIpc) is 2.96. The second-order valence-electron chi connectivity index (χ2n) is 6.69. The number of hydrogen-bond acceptors (Lipinski definition) is 5. The van der Waals surface area contributed by atoms with Gasteiger partial charge in [-0.25, -0.2) is 0 Å². The van der Waals surface area contributed by atoms with Crippen LogP contribution in [-0.2, 0) is 9.59 Å². The maximum absolute atomic E-state index is 12.4. The normalized spacial score (nSPS) is 15.5. The summed E-state index contributed by atoms with van der Waals surface area (Å²) in [5, 5.41) is 6.42. The lowest BCUT2D eigenvalue weighted by Crippen LogP contribution is -2.45. The number of aryl methyl sites for hydroxylation is 1. The first kappa shape index (κ1) is 18.4. The third-order valence-corrected chi connectivity index (χ3v) is 4.17. The Morgan fingerprint density at radius 2 is 2.04 bits per heavy atom. The van der Waals surface area contributed by atoms with E-state index in [0.717, 1.165) is 19.6 Å². The van der Waals surface area contributed by atoms with Crippen molar-refractivity contribution in [2.75, 3.05) is 38.0 Å². The fourth-order valence-corrected chi connectivity index (χ4v) is 2.86. The van der Waals surface area contributed by atoms with Crippen LogP contribution in [0.15, 0.2) is 10.6 Å². The lowest BCUT2D eigenvalue weighted by Gasteiger charge is -2.30. The fourth-order valence-electron chi connectivity index (χ4n) is 2.86. The van der Waals surface area contributed by atoms with Gasteiger partial charge in [0.15, 0.2) is 5.82 Å². The zero-order valence-electron chi connectivity index (χ0n) is 14.9. The number of rotatable bonds is 7. The molecule has 0 bridgehead atoms. The predicted molar refractivity (Wildman–Crippen MR) is 91.6 cm³/mol. The van der Waals surface area contributed by atoms with Crippen LogP contribution in [0.3, 0.4) is 0 Å². The summed E-state index contributed by atoms with van der Waals surface area (Å²) in [6.07, 6.45) is 3.71. The summed E-state index contributed by atoms with van der Waals surface area (Å²) >= 11 is 0. The number of likely N-dealkylation sites (tertiary alicyclic amines) is 1. The minimum Gasteiger partial charge on any atom is -0.360 e. The highest BCUT2D eigenvalue weighted by Crippen LogP contribution is 2.10. The summed E-state index contributed by atoms with van der Waals surface area (Å²) in [6, 6.07) is 1.65. The Morgan fingerprint density at radius 3 is 2.62 bits per heavy atom. The van der Waals surface area contributed by atoms with Gasteiger partial charge in [0.05, 0.1) is 6.54 Å². The SMILES string of the molecule is Cc1cc(NC(=O)CN(CCN2CCCCC2)C(=O)C(C)C)no1. The summed E-state index contributed by atoms with van der Waals surface area (Å²) in [6.45, 7) is 9.05. The molecule has 0 aliphatic carbocycles. The van der Waals surface area contributed by atoms with Gasteiger partial charge in [0.1, 0.15) is 5.76 Å². The Morgan fingerprint density at radius 1 is 1.33 bits per heavy atom. The highest BCUT2D eigenvalue weighted by molar-refractivity contribution is 5.94. The van der Waals surface area contributed by atoms with Crippen LogP contribution in [0.25, 0.3) is 0 Å². The van der Waals surface area contributed by atoms with Gasteiger partial charge in [0.2, 0.25) is 11.8 Å². The molecule has 2 amide bonds. The van der Waals surface area contributed by atoms with Crippen LogP contribution in [0.4, 0.5) is 5.82 Å². The second kappa shape index (κ2) is 8.82. The van der Waals surface area contributed by atoms with Crippen molar-refractivity contribution < 1.29 is 14.1 Å². The molecular formula is C17H28N4O3. The van der Waals surface area contributed by atoms with Crippen LogP contribution in [0, 0.1) is 12.8 Å². The monoisotopic (exact) mass is 336 g/mol. The Hall–Kier alpha value is -1.89. The molecule has 0 saturated carbocycles. The summed E-state index contributed by atoms with van der Waals surface area (Å²) in [5.41, 5.74) is 0. The van der Waals surface area contributed by atoms with Crippen molar-refractivity contribution in [2.45, 2.75) is 40.0 Å². The molecule has 1 aromatic heterocycles. The molecule has 0 aromatic carbocycles. The molecular weight excluding hydrogens is 308 g/mol. The number of hydrogen-bond donors (Lipinski definition) is 1. The standard InChI is InChI=1S/C17H28N4O3/c1-13(2)17(23)21(10-9-20-7-5-4-6-8-20)12-16(22)18-15-11-14(3)24-19-15/h11,13H,4-10,12H2,1-3H3,(H,18,19,22). The van der Waals surface area contributed by atoms with Crippen molar-refractivity contribution in [3.05, 3.63) is 11.8 Å². The molecule has 7 heteroatoms. The zero-order valence-corrected chi connectivity index (χ0v) is 14.9. The lowest BCUT2D eigenvalue weighted by molar-refractivity contribution is -0.137. The molecule has 1 fully saturated rings. The van der Waals surface area contributed by atoms with Crippen LogP contribution in [0.1, 0.15) is 38.9 Å². The summed E-state index contributed by atoms with van der Waals surface area (Å²) < 4.78 is 4.93. The predicted octanol–water partition coefficient (Wildman–Crippen LogP) is 1.89. The molecule has 0 unspecified atom stereocenters. The third kappa shape index (κ3) is 5.63. The van der Waals surface area contributed by atoms with Crippen molar-refractivity contribution >= 4 is 17.6 Å². The Balaban J connectivity index is 1.89. The quantitative estimate of drug-likeness (QED) is 0.822. The van der Waals surface area contributed by atoms with E-state index in [-0.39, 0.29) is 24.3 Å². The van der Waals surface area contributed by atoms with Crippen molar-refractivity contribution in [1.82, 2.24) is 15.0 Å². The van der Waals surface area contributed by atoms with Gasteiger partial charge in [-0.1, -0.05) is 25.4 Å². The Bertz CT molecular complexity index is 550. The van der Waals surface area contributed by atoms with Gasteiger partial charge in [0, 0.05) is 25.1 Å². The number of anilines is 1. The maximum atomic E-state index is 12.4. The van der Waals surface area contributed by atoms with Gasteiger partial charge >= 0.3 is 0 Å². The molecule has 0 atom stereocenters. The molecule has 0 spiro atoms. The van der Waals surface area contributed by atoms with Crippen LogP contribution in [0.2, 0.25) is 0 Å². The third-order valence-electron chi connectivity index (χ3n) is 4.17. The molecule has 2 heterocycles. The van der Waals surface area contributed by atoms with Crippen molar-refractivity contribution in [2.24, 2.45) is 5.92 Å². The number of carbonyl (C=O) groups excluding carboxylic acids is 2. The van der Waals surface area contributed by atoms with Gasteiger partial charge in [-0.3, -0.25) is 9.59 Å². The lowest BCUT2D eigenvalue weighted by atomic mass is 10.1. The fraction of sp³-hybridized carbons (Fsp3) is 0.706. The van der Waals surface area contributed by atoms with Crippen LogP contribution in [0.5, 0.6) is 0 Å². The van der Waals surface area contributed by atoms with Gasteiger partial charge in [-0.2, -0.15) is 0 Å². The Labute approximate surface area is 143 Å². The topological polar surface area (TPSA) is 78.7 Å². The summed E-state index contributed by atoms with van der Waals surface area (Å²) in [5.74, 6) is 0.624. The number of amides is 2. The summed E-state index contributed by atoms with van der Waals surface area (Å²) in [4.78, 5) is 28.6. The molecule has 24 heavy (non-hydrogen) atoms. The smallest absolute Gasteiger partial charge is 0.245 e. The van der Waals surface area contributed by atoms with Crippen molar-refractivity contribution in [1.29, 1.82) is 0 Å². The highest BCUT2D eigenvalue weighted by atomic mass is 16.5. The van der Waals surface area contributed by atoms with E-state index >= 15 is 0 Å². The summed E-state index contributed by atoms with van der Waals surface area (Å²) in [7, 11) is 0. The molecule has 2 rings (SSSR count). The van der Waals surface area contributed by atoms with E-state index in [4.69, 9.17) is 4.52 Å². The average molecular weight is 336 g/mol. The van der Waals surface area contributed by atoms with Gasteiger partial charge in [-0.15, -0.1) is 0 Å². The molecule has 1 N–H and O–H groups in total. The van der Waals surface area contributed by atoms with Gasteiger partial charge < -0.3 is 19.6 Å². The number of nitrogens with zero attached hydrogens (tertiary/aromatic N) is 3. The van der Waals surface area contributed by atoms with Crippen molar-refractivity contribution in [3.8, 4) is 0 Å². The first-order chi connectivity index (χ1) is 11.5. The molecule has 1 aliphatic rings. The molecule has 1 aromatic rings. The first-order valence-electron chi connectivity index (χ1n) is 8.70.